The first kappa shape index (κ1) is 19.9. The maximum Gasteiger partial charge on any atom is 0.405 e. The summed E-state index contributed by atoms with van der Waals surface area (Å²) in [5.74, 6) is 1.09. The minimum absolute atomic E-state index is 0.0669. The van der Waals surface area contributed by atoms with Crippen LogP contribution in [0.5, 0.6) is 0 Å². The molecule has 1 unspecified atom stereocenters. The Labute approximate surface area is 140 Å². The van der Waals surface area contributed by atoms with Gasteiger partial charge in [-0.2, -0.15) is 13.2 Å². The van der Waals surface area contributed by atoms with E-state index < -0.39 is 12.7 Å². The number of nitrogens with zero attached hydrogens (tertiary/aromatic N) is 3. The van der Waals surface area contributed by atoms with E-state index in [9.17, 15) is 13.2 Å². The molecule has 0 aromatic carbocycles. The van der Waals surface area contributed by atoms with E-state index >= 15 is 0 Å². The van der Waals surface area contributed by atoms with E-state index in [4.69, 9.17) is 0 Å². The molecule has 23 heavy (non-hydrogen) atoms. The number of thioether (sulfide) groups is 1. The maximum absolute atomic E-state index is 12.6. The van der Waals surface area contributed by atoms with Gasteiger partial charge in [0.2, 0.25) is 0 Å². The Hall–Kier alpha value is -1.18. The lowest BCUT2D eigenvalue weighted by atomic mass is 9.99. The average Bonchev–Trinajstić information content (AvgIpc) is 2.52. The Morgan fingerprint density at radius 1 is 1.17 bits per heavy atom. The van der Waals surface area contributed by atoms with Gasteiger partial charge in [0.25, 0.3) is 0 Å². The van der Waals surface area contributed by atoms with E-state index in [1.807, 2.05) is 34.0 Å². The fourth-order valence-corrected chi connectivity index (χ4v) is 2.63. The first-order valence-corrected chi connectivity index (χ1v) is 9.01. The number of nitrogens with one attached hydrogen (secondary N) is 1. The molecule has 1 aromatic heterocycles. The minimum atomic E-state index is -4.29. The summed E-state index contributed by atoms with van der Waals surface area (Å²) < 4.78 is 37.8. The number of alkyl halides is 3. The van der Waals surface area contributed by atoms with Crippen LogP contribution in [0, 0.1) is 0 Å². The van der Waals surface area contributed by atoms with Crippen LogP contribution in [0.3, 0.4) is 0 Å². The second-order valence-electron chi connectivity index (χ2n) is 5.25. The fourth-order valence-electron chi connectivity index (χ4n) is 2.27. The van der Waals surface area contributed by atoms with Crippen LogP contribution in [0.2, 0.25) is 0 Å². The molecule has 132 valence electrons. The topological polar surface area (TPSA) is 41.1 Å². The van der Waals surface area contributed by atoms with Crippen LogP contribution >= 0.6 is 11.8 Å². The van der Waals surface area contributed by atoms with Crippen molar-refractivity contribution in [3.8, 4) is 0 Å². The van der Waals surface area contributed by atoms with Crippen molar-refractivity contribution in [3.05, 3.63) is 5.56 Å². The number of anilines is 2. The third kappa shape index (κ3) is 5.44. The van der Waals surface area contributed by atoms with Gasteiger partial charge < -0.3 is 10.2 Å². The Balaban J connectivity index is 3.41. The van der Waals surface area contributed by atoms with E-state index in [-0.39, 0.29) is 11.7 Å². The van der Waals surface area contributed by atoms with E-state index in [2.05, 4.69) is 20.2 Å². The number of halogens is 3. The van der Waals surface area contributed by atoms with Crippen molar-refractivity contribution in [1.82, 2.24) is 9.97 Å². The van der Waals surface area contributed by atoms with Crippen molar-refractivity contribution >= 4 is 23.4 Å². The Morgan fingerprint density at radius 2 is 1.78 bits per heavy atom. The van der Waals surface area contributed by atoms with Gasteiger partial charge in [-0.3, -0.25) is 0 Å². The van der Waals surface area contributed by atoms with Crippen molar-refractivity contribution in [2.75, 3.05) is 36.1 Å². The highest BCUT2D eigenvalue weighted by molar-refractivity contribution is 7.98. The van der Waals surface area contributed by atoms with Crippen molar-refractivity contribution in [2.45, 2.75) is 51.4 Å². The van der Waals surface area contributed by atoms with E-state index in [0.717, 1.165) is 30.9 Å². The molecular formula is C15H25F3N4S. The summed E-state index contributed by atoms with van der Waals surface area (Å²) in [6.45, 7) is 8.39. The Morgan fingerprint density at radius 3 is 2.22 bits per heavy atom. The standard InChI is InChI=1S/C15H25F3N4S/c1-6-10(4)11-12(19-9-15(16,17)18)20-14(23-5)21-13(11)22(7-2)8-3/h10H,6-9H2,1-5H3,(H,19,20,21). The van der Waals surface area contributed by atoms with Gasteiger partial charge in [0.15, 0.2) is 5.16 Å². The molecule has 0 fully saturated rings. The molecule has 0 radical (unpaired) electrons. The summed E-state index contributed by atoms with van der Waals surface area (Å²) in [6.07, 6.45) is -1.67. The van der Waals surface area contributed by atoms with Gasteiger partial charge in [-0.25, -0.2) is 9.97 Å². The van der Waals surface area contributed by atoms with Crippen LogP contribution < -0.4 is 10.2 Å². The van der Waals surface area contributed by atoms with Gasteiger partial charge in [0.1, 0.15) is 18.2 Å². The highest BCUT2D eigenvalue weighted by Crippen LogP contribution is 2.35. The molecule has 0 aliphatic rings. The zero-order valence-corrected chi connectivity index (χ0v) is 15.1. The van der Waals surface area contributed by atoms with Crippen LogP contribution in [0.15, 0.2) is 5.16 Å². The third-order valence-electron chi connectivity index (χ3n) is 3.71. The molecule has 8 heteroatoms. The van der Waals surface area contributed by atoms with Crippen LogP contribution in [0.1, 0.15) is 45.6 Å². The molecule has 0 saturated heterocycles. The molecule has 1 rings (SSSR count). The van der Waals surface area contributed by atoms with Crippen molar-refractivity contribution in [1.29, 1.82) is 0 Å². The van der Waals surface area contributed by atoms with Crippen LogP contribution in [-0.4, -0.2) is 42.0 Å². The van der Waals surface area contributed by atoms with Gasteiger partial charge in [-0.05, 0) is 32.4 Å². The van der Waals surface area contributed by atoms with Crippen molar-refractivity contribution in [2.24, 2.45) is 0 Å². The molecule has 0 saturated carbocycles. The summed E-state index contributed by atoms with van der Waals surface area (Å²) in [7, 11) is 0. The SMILES string of the molecule is CCC(C)c1c(NCC(F)(F)F)nc(SC)nc1N(CC)CC. The van der Waals surface area contributed by atoms with E-state index in [1.54, 1.807) is 0 Å². The molecule has 0 bridgehead atoms. The molecule has 0 aliphatic heterocycles. The molecule has 1 atom stereocenters. The summed E-state index contributed by atoms with van der Waals surface area (Å²) in [5, 5.41) is 2.95. The first-order chi connectivity index (χ1) is 10.8. The van der Waals surface area contributed by atoms with Crippen molar-refractivity contribution < 1.29 is 13.2 Å². The van der Waals surface area contributed by atoms with Gasteiger partial charge >= 0.3 is 6.18 Å². The summed E-state index contributed by atoms with van der Waals surface area (Å²) >= 11 is 1.33. The highest BCUT2D eigenvalue weighted by Gasteiger charge is 2.29. The van der Waals surface area contributed by atoms with Gasteiger partial charge in [0.05, 0.1) is 0 Å². The molecular weight excluding hydrogens is 325 g/mol. The predicted octanol–water partition coefficient (Wildman–Crippen LogP) is 4.53. The summed E-state index contributed by atoms with van der Waals surface area (Å²) in [4.78, 5) is 10.9. The average molecular weight is 350 g/mol. The lowest BCUT2D eigenvalue weighted by Gasteiger charge is -2.27. The molecule has 0 aliphatic carbocycles. The van der Waals surface area contributed by atoms with Crippen molar-refractivity contribution in [3.63, 3.8) is 0 Å². The number of rotatable bonds is 8. The van der Waals surface area contributed by atoms with Gasteiger partial charge in [0, 0.05) is 18.7 Å². The lowest BCUT2D eigenvalue weighted by Crippen LogP contribution is -2.28. The first-order valence-electron chi connectivity index (χ1n) is 7.78. The van der Waals surface area contributed by atoms with Gasteiger partial charge in [-0.1, -0.05) is 25.6 Å². The lowest BCUT2D eigenvalue weighted by molar-refractivity contribution is -0.115. The second-order valence-corrected chi connectivity index (χ2v) is 6.02. The predicted molar refractivity (Wildman–Crippen MR) is 90.6 cm³/mol. The Bertz CT molecular complexity index is 504. The third-order valence-corrected chi connectivity index (χ3v) is 4.26. The van der Waals surface area contributed by atoms with E-state index in [0.29, 0.717) is 5.16 Å². The minimum Gasteiger partial charge on any atom is -0.361 e. The second kappa shape index (κ2) is 8.61. The number of hydrogen-bond acceptors (Lipinski definition) is 5. The Kier molecular flexibility index (Phi) is 7.44. The van der Waals surface area contributed by atoms with Crippen LogP contribution in [0.4, 0.5) is 24.8 Å². The monoisotopic (exact) mass is 350 g/mol. The molecule has 1 heterocycles. The smallest absolute Gasteiger partial charge is 0.361 e. The zero-order chi connectivity index (χ0) is 17.6. The maximum atomic E-state index is 12.6. The quantitative estimate of drug-likeness (QED) is 0.551. The molecule has 0 amide bonds. The largest absolute Gasteiger partial charge is 0.405 e. The normalized spacial score (nSPS) is 13.0. The molecule has 0 spiro atoms. The summed E-state index contributed by atoms with van der Waals surface area (Å²) in [5.41, 5.74) is 0.762. The van der Waals surface area contributed by atoms with Crippen LogP contribution in [0.25, 0.3) is 0 Å². The molecule has 1 N–H and O–H groups in total. The zero-order valence-electron chi connectivity index (χ0n) is 14.3. The van der Waals surface area contributed by atoms with Crippen LogP contribution in [-0.2, 0) is 0 Å². The molecule has 4 nitrogen and oxygen atoms in total. The van der Waals surface area contributed by atoms with Gasteiger partial charge in [-0.15, -0.1) is 0 Å². The summed E-state index contributed by atoms with van der Waals surface area (Å²) in [6, 6.07) is 0. The molecule has 1 aromatic rings. The van der Waals surface area contributed by atoms with E-state index in [1.165, 1.54) is 11.8 Å². The number of aromatic nitrogens is 2. The fraction of sp³-hybridized carbons (Fsp3) is 0.733. The number of hydrogen-bond donors (Lipinski definition) is 1. The highest BCUT2D eigenvalue weighted by atomic mass is 32.2.